The molecule has 0 radical (unpaired) electrons. The van der Waals surface area contributed by atoms with E-state index in [-0.39, 0.29) is 16.7 Å². The number of carbonyl (C=O) groups is 1. The third kappa shape index (κ3) is 3.27. The van der Waals surface area contributed by atoms with E-state index in [2.05, 4.69) is 15.5 Å². The number of fused-ring (bicyclic) bond motifs is 1. The maximum absolute atomic E-state index is 12.9. The number of nitrogens with one attached hydrogen (secondary N) is 1. The van der Waals surface area contributed by atoms with E-state index >= 15 is 0 Å². The van der Waals surface area contributed by atoms with E-state index in [1.54, 1.807) is 0 Å². The van der Waals surface area contributed by atoms with Crippen LogP contribution in [0.1, 0.15) is 34.9 Å². The molecule has 1 aliphatic heterocycles. The molecular formula is C19H21N5O3S. The van der Waals surface area contributed by atoms with Crippen molar-refractivity contribution in [1.82, 2.24) is 24.2 Å². The second-order valence-electron chi connectivity index (χ2n) is 6.77. The third-order valence-corrected chi connectivity index (χ3v) is 7.05. The Hall–Kier alpha value is -2.78. The van der Waals surface area contributed by atoms with Crippen molar-refractivity contribution in [3.05, 3.63) is 60.0 Å². The van der Waals surface area contributed by atoms with Crippen LogP contribution in [-0.4, -0.2) is 53.4 Å². The number of rotatable bonds is 4. The van der Waals surface area contributed by atoms with Gasteiger partial charge in [0.15, 0.2) is 5.65 Å². The van der Waals surface area contributed by atoms with Crippen molar-refractivity contribution in [3.63, 3.8) is 0 Å². The lowest BCUT2D eigenvalue weighted by Gasteiger charge is -2.30. The molecule has 1 amide bonds. The van der Waals surface area contributed by atoms with Gasteiger partial charge < -0.3 is 5.32 Å². The Labute approximate surface area is 163 Å². The van der Waals surface area contributed by atoms with Crippen LogP contribution in [-0.2, 0) is 10.0 Å². The van der Waals surface area contributed by atoms with Gasteiger partial charge in [-0.1, -0.05) is 6.07 Å². The highest BCUT2D eigenvalue weighted by molar-refractivity contribution is 7.89. The Morgan fingerprint density at radius 1 is 1.07 bits per heavy atom. The van der Waals surface area contributed by atoms with E-state index in [1.807, 2.05) is 28.8 Å². The number of carbonyl (C=O) groups excluding carboxylic acids is 1. The average Bonchev–Trinajstić information content (AvgIpc) is 3.17. The van der Waals surface area contributed by atoms with Crippen LogP contribution >= 0.6 is 0 Å². The quantitative estimate of drug-likeness (QED) is 0.720. The van der Waals surface area contributed by atoms with Crippen LogP contribution in [0.3, 0.4) is 0 Å². The number of hydrogen-bond acceptors (Lipinski definition) is 5. The van der Waals surface area contributed by atoms with E-state index < -0.39 is 10.0 Å². The Balaban J connectivity index is 1.49. The monoisotopic (exact) mass is 399 g/mol. The van der Waals surface area contributed by atoms with Gasteiger partial charge in [-0.25, -0.2) is 8.42 Å². The fraction of sp³-hybridized carbons (Fsp3) is 0.316. The van der Waals surface area contributed by atoms with E-state index in [0.717, 1.165) is 11.5 Å². The van der Waals surface area contributed by atoms with Crippen molar-refractivity contribution in [2.24, 2.45) is 0 Å². The van der Waals surface area contributed by atoms with Crippen LogP contribution < -0.4 is 5.32 Å². The summed E-state index contributed by atoms with van der Waals surface area (Å²) in [6.45, 7) is 0.845. The van der Waals surface area contributed by atoms with Crippen molar-refractivity contribution >= 4 is 21.6 Å². The van der Waals surface area contributed by atoms with Crippen molar-refractivity contribution in [2.45, 2.75) is 23.7 Å². The van der Waals surface area contributed by atoms with Gasteiger partial charge in [0, 0.05) is 37.8 Å². The molecule has 3 aromatic rings. The predicted octanol–water partition coefficient (Wildman–Crippen LogP) is 1.66. The number of benzene rings is 1. The van der Waals surface area contributed by atoms with Gasteiger partial charge in [-0.2, -0.15) is 4.31 Å². The molecule has 1 fully saturated rings. The zero-order valence-electron chi connectivity index (χ0n) is 15.4. The molecule has 9 heteroatoms. The first-order valence-electron chi connectivity index (χ1n) is 9.12. The SMILES string of the molecule is CNC(=O)c1ccc(S(=O)(=O)N2CCC(c3nnc4ccccn34)CC2)cc1. The van der Waals surface area contributed by atoms with Gasteiger partial charge in [-0.15, -0.1) is 10.2 Å². The van der Waals surface area contributed by atoms with Crippen molar-refractivity contribution in [1.29, 1.82) is 0 Å². The fourth-order valence-corrected chi connectivity index (χ4v) is 5.03. The van der Waals surface area contributed by atoms with Gasteiger partial charge >= 0.3 is 0 Å². The summed E-state index contributed by atoms with van der Waals surface area (Å²) in [6, 6.07) is 11.8. The number of piperidine rings is 1. The highest BCUT2D eigenvalue weighted by atomic mass is 32.2. The second kappa shape index (κ2) is 7.33. The van der Waals surface area contributed by atoms with E-state index in [0.29, 0.717) is 31.5 Å². The lowest BCUT2D eigenvalue weighted by Crippen LogP contribution is -2.38. The predicted molar refractivity (Wildman–Crippen MR) is 104 cm³/mol. The summed E-state index contributed by atoms with van der Waals surface area (Å²) in [5.41, 5.74) is 1.22. The molecule has 28 heavy (non-hydrogen) atoms. The van der Waals surface area contributed by atoms with E-state index in [4.69, 9.17) is 0 Å². The first-order chi connectivity index (χ1) is 13.5. The van der Waals surface area contributed by atoms with Gasteiger partial charge in [0.1, 0.15) is 5.82 Å². The maximum atomic E-state index is 12.9. The highest BCUT2D eigenvalue weighted by Crippen LogP contribution is 2.30. The summed E-state index contributed by atoms with van der Waals surface area (Å²) in [5, 5.41) is 11.0. The molecule has 0 atom stereocenters. The summed E-state index contributed by atoms with van der Waals surface area (Å²) in [4.78, 5) is 11.8. The van der Waals surface area contributed by atoms with Crippen LogP contribution in [0.15, 0.2) is 53.6 Å². The van der Waals surface area contributed by atoms with Gasteiger partial charge in [0.25, 0.3) is 5.91 Å². The minimum atomic E-state index is -3.59. The summed E-state index contributed by atoms with van der Waals surface area (Å²) in [7, 11) is -2.05. The van der Waals surface area contributed by atoms with Crippen molar-refractivity contribution in [3.8, 4) is 0 Å². The smallest absolute Gasteiger partial charge is 0.251 e. The molecule has 3 heterocycles. The van der Waals surface area contributed by atoms with Gasteiger partial charge in [0.05, 0.1) is 4.90 Å². The molecule has 8 nitrogen and oxygen atoms in total. The molecule has 1 saturated heterocycles. The summed E-state index contributed by atoms with van der Waals surface area (Å²) < 4.78 is 29.3. The van der Waals surface area contributed by atoms with Crippen LogP contribution in [0.25, 0.3) is 5.65 Å². The molecule has 0 unspecified atom stereocenters. The van der Waals surface area contributed by atoms with E-state index in [9.17, 15) is 13.2 Å². The number of sulfonamides is 1. The number of aromatic nitrogens is 3. The normalized spacial score (nSPS) is 16.3. The molecule has 146 valence electrons. The molecule has 0 bridgehead atoms. The highest BCUT2D eigenvalue weighted by Gasteiger charge is 2.31. The topological polar surface area (TPSA) is 96.7 Å². The fourth-order valence-electron chi connectivity index (χ4n) is 3.56. The Bertz CT molecular complexity index is 1100. The Kier molecular flexibility index (Phi) is 4.86. The summed E-state index contributed by atoms with van der Waals surface area (Å²) in [6.07, 6.45) is 3.30. The molecule has 1 N–H and O–H groups in total. The molecule has 0 spiro atoms. The second-order valence-corrected chi connectivity index (χ2v) is 8.71. The zero-order chi connectivity index (χ0) is 19.7. The third-order valence-electron chi connectivity index (χ3n) is 5.14. The van der Waals surface area contributed by atoms with Crippen LogP contribution in [0.5, 0.6) is 0 Å². The van der Waals surface area contributed by atoms with Crippen LogP contribution in [0.2, 0.25) is 0 Å². The lowest BCUT2D eigenvalue weighted by atomic mass is 9.97. The van der Waals surface area contributed by atoms with Gasteiger partial charge in [-0.05, 0) is 49.2 Å². The average molecular weight is 399 g/mol. The Morgan fingerprint density at radius 3 is 2.46 bits per heavy atom. The number of nitrogens with zero attached hydrogens (tertiary/aromatic N) is 4. The minimum Gasteiger partial charge on any atom is -0.355 e. The molecule has 0 saturated carbocycles. The molecule has 1 aromatic carbocycles. The van der Waals surface area contributed by atoms with Crippen molar-refractivity contribution in [2.75, 3.05) is 20.1 Å². The molecule has 0 aliphatic carbocycles. The molecule has 2 aromatic heterocycles. The summed E-state index contributed by atoms with van der Waals surface area (Å²) in [5.74, 6) is 0.798. The number of hydrogen-bond donors (Lipinski definition) is 1. The number of pyridine rings is 1. The first kappa shape index (κ1) is 18.6. The number of amides is 1. The first-order valence-corrected chi connectivity index (χ1v) is 10.6. The van der Waals surface area contributed by atoms with Crippen molar-refractivity contribution < 1.29 is 13.2 Å². The standard InChI is InChI=1S/C19H21N5O3S/c1-20-19(25)15-5-7-16(8-6-15)28(26,27)23-12-9-14(10-13-23)18-22-21-17-4-2-3-11-24(17)18/h2-8,11,14H,9-10,12-13H2,1H3,(H,20,25). The van der Waals surface area contributed by atoms with E-state index in [1.165, 1.54) is 35.6 Å². The van der Waals surface area contributed by atoms with Crippen LogP contribution in [0, 0.1) is 0 Å². The van der Waals surface area contributed by atoms with Crippen LogP contribution in [0.4, 0.5) is 0 Å². The van der Waals surface area contributed by atoms with Gasteiger partial charge in [-0.3, -0.25) is 9.20 Å². The largest absolute Gasteiger partial charge is 0.355 e. The van der Waals surface area contributed by atoms with Gasteiger partial charge in [0.2, 0.25) is 10.0 Å². The maximum Gasteiger partial charge on any atom is 0.251 e. The molecule has 4 rings (SSSR count). The summed E-state index contributed by atoms with van der Waals surface area (Å²) >= 11 is 0. The lowest BCUT2D eigenvalue weighted by molar-refractivity contribution is 0.0963. The molecular weight excluding hydrogens is 378 g/mol. The Morgan fingerprint density at radius 2 is 1.79 bits per heavy atom. The zero-order valence-corrected chi connectivity index (χ0v) is 16.3. The minimum absolute atomic E-state index is 0.166. The molecule has 1 aliphatic rings.